The van der Waals surface area contributed by atoms with Crippen molar-refractivity contribution in [2.45, 2.75) is 77.7 Å². The molecule has 158 valence electrons. The third-order valence-corrected chi connectivity index (χ3v) is 7.12. The molecule has 1 atom stereocenters. The molecule has 4 rings (SSSR count). The fourth-order valence-corrected chi connectivity index (χ4v) is 5.63. The van der Waals surface area contributed by atoms with E-state index in [4.69, 9.17) is 0 Å². The van der Waals surface area contributed by atoms with Crippen molar-refractivity contribution in [1.29, 1.82) is 0 Å². The molecule has 30 heavy (non-hydrogen) atoms. The number of benzene rings is 3. The SMILES string of the molecule is CC(C)c1cccc(C(C)C)c1N1C[C@](C)(c2ccc3ccccc3c2)CC1(C)C. The molecule has 1 heterocycles. The first kappa shape index (κ1) is 21.0. The first-order chi connectivity index (χ1) is 14.1. The molecule has 1 heteroatoms. The minimum absolute atomic E-state index is 0.106. The Labute approximate surface area is 183 Å². The molecule has 1 aliphatic heterocycles. The lowest BCUT2D eigenvalue weighted by atomic mass is 9.77. The number of para-hydroxylation sites is 1. The van der Waals surface area contributed by atoms with E-state index in [1.807, 2.05) is 0 Å². The largest absolute Gasteiger partial charge is 0.365 e. The van der Waals surface area contributed by atoms with Gasteiger partial charge < -0.3 is 4.90 Å². The van der Waals surface area contributed by atoms with Crippen molar-refractivity contribution >= 4 is 16.5 Å². The summed E-state index contributed by atoms with van der Waals surface area (Å²) in [5.41, 5.74) is 6.15. The predicted molar refractivity (Wildman–Crippen MR) is 132 cm³/mol. The minimum atomic E-state index is 0.106. The van der Waals surface area contributed by atoms with Gasteiger partial charge in [-0.25, -0.2) is 0 Å². The summed E-state index contributed by atoms with van der Waals surface area (Å²) in [6, 6.07) is 22.7. The molecule has 0 bridgehead atoms. The van der Waals surface area contributed by atoms with Crippen LogP contribution in [-0.2, 0) is 5.41 Å². The highest BCUT2D eigenvalue weighted by atomic mass is 15.2. The van der Waals surface area contributed by atoms with E-state index in [0.717, 1.165) is 13.0 Å². The highest BCUT2D eigenvalue weighted by molar-refractivity contribution is 5.83. The zero-order valence-corrected chi connectivity index (χ0v) is 19.8. The molecule has 0 radical (unpaired) electrons. The summed E-state index contributed by atoms with van der Waals surface area (Å²) >= 11 is 0. The van der Waals surface area contributed by atoms with Crippen LogP contribution in [0.4, 0.5) is 5.69 Å². The van der Waals surface area contributed by atoms with Gasteiger partial charge in [-0.2, -0.15) is 0 Å². The van der Waals surface area contributed by atoms with Crippen molar-refractivity contribution in [2.24, 2.45) is 0 Å². The highest BCUT2D eigenvalue weighted by Gasteiger charge is 2.47. The Morgan fingerprint density at radius 2 is 1.33 bits per heavy atom. The lowest BCUT2D eigenvalue weighted by molar-refractivity contribution is 0.444. The van der Waals surface area contributed by atoms with Crippen molar-refractivity contribution in [3.63, 3.8) is 0 Å². The van der Waals surface area contributed by atoms with Crippen LogP contribution >= 0.6 is 0 Å². The summed E-state index contributed by atoms with van der Waals surface area (Å²) in [7, 11) is 0. The molecule has 0 aromatic heterocycles. The predicted octanol–water partition coefficient (Wildman–Crippen LogP) is 8.03. The van der Waals surface area contributed by atoms with Gasteiger partial charge in [0.1, 0.15) is 0 Å². The van der Waals surface area contributed by atoms with Gasteiger partial charge in [-0.1, -0.05) is 95.3 Å². The van der Waals surface area contributed by atoms with Crippen molar-refractivity contribution in [3.05, 3.63) is 77.4 Å². The van der Waals surface area contributed by atoms with Crippen LogP contribution in [0.15, 0.2) is 60.7 Å². The second-order valence-electron chi connectivity index (χ2n) is 10.8. The second-order valence-corrected chi connectivity index (χ2v) is 10.8. The topological polar surface area (TPSA) is 3.24 Å². The molecule has 0 N–H and O–H groups in total. The van der Waals surface area contributed by atoms with Crippen LogP contribution in [0.2, 0.25) is 0 Å². The van der Waals surface area contributed by atoms with Crippen LogP contribution < -0.4 is 4.90 Å². The average molecular weight is 400 g/mol. The molecule has 3 aromatic carbocycles. The van der Waals surface area contributed by atoms with E-state index in [0.29, 0.717) is 11.8 Å². The van der Waals surface area contributed by atoms with Crippen LogP contribution in [0.5, 0.6) is 0 Å². The number of hydrogen-bond acceptors (Lipinski definition) is 1. The number of anilines is 1. The summed E-state index contributed by atoms with van der Waals surface area (Å²) in [6.07, 6.45) is 1.16. The van der Waals surface area contributed by atoms with Crippen LogP contribution in [0.3, 0.4) is 0 Å². The maximum absolute atomic E-state index is 2.73. The third kappa shape index (κ3) is 3.53. The molecule has 0 amide bonds. The lowest BCUT2D eigenvalue weighted by Crippen LogP contribution is -2.39. The second kappa shape index (κ2) is 7.45. The van der Waals surface area contributed by atoms with Crippen LogP contribution in [0.1, 0.15) is 83.4 Å². The molecule has 0 aliphatic carbocycles. The molecule has 1 fully saturated rings. The minimum Gasteiger partial charge on any atom is -0.365 e. The lowest BCUT2D eigenvalue weighted by Gasteiger charge is -2.38. The van der Waals surface area contributed by atoms with Gasteiger partial charge in [0.15, 0.2) is 0 Å². The maximum atomic E-state index is 2.73. The highest BCUT2D eigenvalue weighted by Crippen LogP contribution is 2.49. The van der Waals surface area contributed by atoms with Crippen LogP contribution in [0, 0.1) is 0 Å². The Bertz CT molecular complexity index is 1030. The van der Waals surface area contributed by atoms with Gasteiger partial charge in [-0.3, -0.25) is 0 Å². The van der Waals surface area contributed by atoms with Crippen molar-refractivity contribution in [2.75, 3.05) is 11.4 Å². The fourth-order valence-electron chi connectivity index (χ4n) is 5.63. The number of fused-ring (bicyclic) bond motifs is 1. The molecule has 0 saturated carbocycles. The Morgan fingerprint density at radius 3 is 1.93 bits per heavy atom. The van der Waals surface area contributed by atoms with Gasteiger partial charge in [0, 0.05) is 23.2 Å². The Balaban J connectivity index is 1.82. The van der Waals surface area contributed by atoms with E-state index in [9.17, 15) is 0 Å². The smallest absolute Gasteiger partial charge is 0.0441 e. The fraction of sp³-hybridized carbons (Fsp3) is 0.448. The molecule has 0 unspecified atom stereocenters. The van der Waals surface area contributed by atoms with Gasteiger partial charge in [0.25, 0.3) is 0 Å². The van der Waals surface area contributed by atoms with Gasteiger partial charge in [0.2, 0.25) is 0 Å². The van der Waals surface area contributed by atoms with Gasteiger partial charge in [0.05, 0.1) is 0 Å². The van der Waals surface area contributed by atoms with E-state index in [2.05, 4.69) is 114 Å². The van der Waals surface area contributed by atoms with Gasteiger partial charge in [-0.15, -0.1) is 0 Å². The van der Waals surface area contributed by atoms with Crippen LogP contribution in [-0.4, -0.2) is 12.1 Å². The molecule has 1 aliphatic rings. The monoisotopic (exact) mass is 399 g/mol. The number of hydrogen-bond donors (Lipinski definition) is 0. The normalized spacial score (nSPS) is 21.2. The van der Waals surface area contributed by atoms with E-state index in [1.54, 1.807) is 0 Å². The maximum Gasteiger partial charge on any atom is 0.0441 e. The summed E-state index contributed by atoms with van der Waals surface area (Å²) in [5, 5.41) is 2.67. The zero-order valence-electron chi connectivity index (χ0n) is 19.8. The first-order valence-electron chi connectivity index (χ1n) is 11.5. The quantitative estimate of drug-likeness (QED) is 0.429. The number of nitrogens with zero attached hydrogens (tertiary/aromatic N) is 1. The Kier molecular flexibility index (Phi) is 5.21. The molecule has 0 spiro atoms. The Hall–Kier alpha value is -2.28. The summed E-state index contributed by atoms with van der Waals surface area (Å²) < 4.78 is 0. The van der Waals surface area contributed by atoms with Crippen molar-refractivity contribution in [3.8, 4) is 0 Å². The molecule has 1 saturated heterocycles. The van der Waals surface area contributed by atoms with E-state index in [-0.39, 0.29) is 11.0 Å². The van der Waals surface area contributed by atoms with Crippen molar-refractivity contribution in [1.82, 2.24) is 0 Å². The molecular formula is C29H37N. The molecule has 3 aromatic rings. The van der Waals surface area contributed by atoms with E-state index >= 15 is 0 Å². The summed E-state index contributed by atoms with van der Waals surface area (Å²) in [6.45, 7) is 17.7. The average Bonchev–Trinajstić information content (AvgIpc) is 2.96. The van der Waals surface area contributed by atoms with Gasteiger partial charge in [-0.05, 0) is 59.6 Å². The van der Waals surface area contributed by atoms with Crippen LogP contribution in [0.25, 0.3) is 10.8 Å². The zero-order chi connectivity index (χ0) is 21.7. The Morgan fingerprint density at radius 1 is 0.733 bits per heavy atom. The summed E-state index contributed by atoms with van der Waals surface area (Å²) in [4.78, 5) is 2.73. The first-order valence-corrected chi connectivity index (χ1v) is 11.5. The molecular weight excluding hydrogens is 362 g/mol. The number of rotatable bonds is 4. The molecule has 1 nitrogen and oxygen atoms in total. The third-order valence-electron chi connectivity index (χ3n) is 7.12. The summed E-state index contributed by atoms with van der Waals surface area (Å²) in [5.74, 6) is 1.03. The van der Waals surface area contributed by atoms with Crippen molar-refractivity contribution < 1.29 is 0 Å². The van der Waals surface area contributed by atoms with E-state index in [1.165, 1.54) is 33.2 Å². The van der Waals surface area contributed by atoms with Gasteiger partial charge >= 0.3 is 0 Å². The standard InChI is InChI=1S/C29H37N/c1-20(2)25-13-10-14-26(21(3)4)27(25)30-19-29(7,18-28(30,5)6)24-16-15-22-11-8-9-12-23(22)17-24/h8-17,20-21H,18-19H2,1-7H3/t29-/m1/s1. The van der Waals surface area contributed by atoms with E-state index < -0.39 is 0 Å².